The van der Waals surface area contributed by atoms with E-state index in [9.17, 15) is 12.8 Å². The Morgan fingerprint density at radius 1 is 1.22 bits per heavy atom. The molecule has 32 heavy (non-hydrogen) atoms. The molecule has 0 aliphatic carbocycles. The lowest BCUT2D eigenvalue weighted by Crippen LogP contribution is -2.24. The Labute approximate surface area is 185 Å². The van der Waals surface area contributed by atoms with E-state index >= 15 is 0 Å². The molecule has 7 nitrogen and oxygen atoms in total. The van der Waals surface area contributed by atoms with E-state index in [4.69, 9.17) is 4.74 Å². The van der Waals surface area contributed by atoms with Crippen molar-refractivity contribution in [1.29, 1.82) is 0 Å². The monoisotopic (exact) mass is 456 g/mol. The van der Waals surface area contributed by atoms with Crippen LogP contribution in [0.25, 0.3) is 27.5 Å². The van der Waals surface area contributed by atoms with Gasteiger partial charge in [0.2, 0.25) is 10.0 Å². The van der Waals surface area contributed by atoms with Crippen LogP contribution in [0.15, 0.2) is 42.6 Å². The van der Waals surface area contributed by atoms with E-state index in [1.165, 1.54) is 19.2 Å². The SMILES string of the molecule is CNS(=O)(=O)CCc1c(C2CCOCC2)n(-c2ccc(F)cc2)c2cc3cn[nH]c3cc12. The van der Waals surface area contributed by atoms with Gasteiger partial charge in [0.05, 0.1) is 23.0 Å². The lowest BCUT2D eigenvalue weighted by Gasteiger charge is -2.25. The molecule has 0 saturated carbocycles. The van der Waals surface area contributed by atoms with E-state index in [1.807, 2.05) is 6.07 Å². The zero-order chi connectivity index (χ0) is 22.3. The first kappa shape index (κ1) is 21.1. The second-order valence-electron chi connectivity index (χ2n) is 8.16. The van der Waals surface area contributed by atoms with E-state index in [0.717, 1.165) is 51.6 Å². The molecule has 3 heterocycles. The van der Waals surface area contributed by atoms with Gasteiger partial charge in [-0.25, -0.2) is 17.5 Å². The quantitative estimate of drug-likeness (QED) is 0.464. The Morgan fingerprint density at radius 3 is 2.69 bits per heavy atom. The molecule has 1 aliphatic rings. The normalized spacial score (nSPS) is 15.7. The summed E-state index contributed by atoms with van der Waals surface area (Å²) in [4.78, 5) is 0. The van der Waals surface area contributed by atoms with Gasteiger partial charge in [-0.3, -0.25) is 5.10 Å². The molecular formula is C23H25FN4O3S. The summed E-state index contributed by atoms with van der Waals surface area (Å²) in [5, 5.41) is 9.12. The van der Waals surface area contributed by atoms with Crippen molar-refractivity contribution in [2.24, 2.45) is 0 Å². The fraction of sp³-hybridized carbons (Fsp3) is 0.348. The minimum atomic E-state index is -3.38. The molecule has 9 heteroatoms. The van der Waals surface area contributed by atoms with Gasteiger partial charge in [-0.1, -0.05) is 0 Å². The molecule has 4 aromatic rings. The molecule has 0 spiro atoms. The third-order valence-corrected chi connectivity index (χ3v) is 7.66. The molecule has 2 N–H and O–H groups in total. The van der Waals surface area contributed by atoms with Crippen LogP contribution in [0.2, 0.25) is 0 Å². The van der Waals surface area contributed by atoms with Crippen LogP contribution in [0.3, 0.4) is 0 Å². The number of fused-ring (bicyclic) bond motifs is 2. The lowest BCUT2D eigenvalue weighted by molar-refractivity contribution is 0.0841. The van der Waals surface area contributed by atoms with Gasteiger partial charge in [0.15, 0.2) is 0 Å². The predicted molar refractivity (Wildman–Crippen MR) is 122 cm³/mol. The summed E-state index contributed by atoms with van der Waals surface area (Å²) in [5.41, 5.74) is 4.80. The zero-order valence-corrected chi connectivity index (χ0v) is 18.6. The smallest absolute Gasteiger partial charge is 0.211 e. The fourth-order valence-corrected chi connectivity index (χ4v) is 5.36. The third-order valence-electron chi connectivity index (χ3n) is 6.30. The van der Waals surface area contributed by atoms with Gasteiger partial charge in [0.1, 0.15) is 5.82 Å². The summed E-state index contributed by atoms with van der Waals surface area (Å²) >= 11 is 0. The highest BCUT2D eigenvalue weighted by atomic mass is 32.2. The Kier molecular flexibility index (Phi) is 5.48. The number of H-pyrrole nitrogens is 1. The molecule has 1 aliphatic heterocycles. The zero-order valence-electron chi connectivity index (χ0n) is 17.8. The second-order valence-corrected chi connectivity index (χ2v) is 10.2. The van der Waals surface area contributed by atoms with Gasteiger partial charge in [0.25, 0.3) is 0 Å². The first-order chi connectivity index (χ1) is 15.5. The molecule has 1 saturated heterocycles. The average molecular weight is 457 g/mol. The van der Waals surface area contributed by atoms with Gasteiger partial charge < -0.3 is 9.30 Å². The van der Waals surface area contributed by atoms with Crippen LogP contribution >= 0.6 is 0 Å². The number of aromatic amines is 1. The molecule has 0 bridgehead atoms. The van der Waals surface area contributed by atoms with Crippen LogP contribution in [-0.4, -0.2) is 49.2 Å². The third kappa shape index (κ3) is 3.80. The van der Waals surface area contributed by atoms with Crippen LogP contribution in [0.5, 0.6) is 0 Å². The van der Waals surface area contributed by atoms with Crippen molar-refractivity contribution in [3.63, 3.8) is 0 Å². The van der Waals surface area contributed by atoms with Crippen LogP contribution < -0.4 is 4.72 Å². The number of sulfonamides is 1. The lowest BCUT2D eigenvalue weighted by atomic mass is 9.92. The molecule has 2 aromatic carbocycles. The van der Waals surface area contributed by atoms with E-state index < -0.39 is 10.0 Å². The summed E-state index contributed by atoms with van der Waals surface area (Å²) in [7, 11) is -1.94. The Balaban J connectivity index is 1.80. The predicted octanol–water partition coefficient (Wildman–Crippen LogP) is 3.63. The number of benzene rings is 2. The molecule has 0 radical (unpaired) electrons. The summed E-state index contributed by atoms with van der Waals surface area (Å²) in [5.74, 6) is -0.0937. The van der Waals surface area contributed by atoms with Crippen molar-refractivity contribution in [1.82, 2.24) is 19.5 Å². The highest BCUT2D eigenvalue weighted by Crippen LogP contribution is 2.40. The van der Waals surface area contributed by atoms with Crippen LogP contribution in [-0.2, 0) is 21.2 Å². The minimum Gasteiger partial charge on any atom is -0.381 e. The number of nitrogens with one attached hydrogen (secondary N) is 2. The number of hydrogen-bond donors (Lipinski definition) is 2. The maximum absolute atomic E-state index is 13.7. The summed E-state index contributed by atoms with van der Waals surface area (Å²) in [6, 6.07) is 10.6. The fourth-order valence-electron chi connectivity index (χ4n) is 4.68. The summed E-state index contributed by atoms with van der Waals surface area (Å²) in [6.07, 6.45) is 3.85. The maximum atomic E-state index is 13.7. The number of ether oxygens (including phenoxy) is 1. The standard InChI is InChI=1S/C23H25FN4O3S/c1-25-32(29,30)11-8-19-20-13-21-16(14-26-27-21)12-22(20)28(18-4-2-17(24)3-5-18)23(19)15-6-9-31-10-7-15/h2-5,12-15,25H,6-11H2,1H3,(H,26,27). The molecule has 0 unspecified atom stereocenters. The summed E-state index contributed by atoms with van der Waals surface area (Å²) in [6.45, 7) is 1.32. The molecule has 0 atom stereocenters. The van der Waals surface area contributed by atoms with E-state index in [0.29, 0.717) is 19.6 Å². The van der Waals surface area contributed by atoms with Gasteiger partial charge in [0, 0.05) is 41.3 Å². The number of aryl methyl sites for hydroxylation is 1. The number of aromatic nitrogens is 3. The van der Waals surface area contributed by atoms with Gasteiger partial charge in [-0.2, -0.15) is 5.10 Å². The van der Waals surface area contributed by atoms with Crippen LogP contribution in [0.4, 0.5) is 4.39 Å². The number of nitrogens with zero attached hydrogens (tertiary/aromatic N) is 2. The van der Waals surface area contributed by atoms with E-state index in [1.54, 1.807) is 18.3 Å². The number of halogens is 1. The van der Waals surface area contributed by atoms with E-state index in [-0.39, 0.29) is 17.5 Å². The minimum absolute atomic E-state index is 0.0107. The largest absolute Gasteiger partial charge is 0.381 e. The van der Waals surface area contributed by atoms with Gasteiger partial charge >= 0.3 is 0 Å². The summed E-state index contributed by atoms with van der Waals surface area (Å²) < 4.78 is 48.5. The van der Waals surface area contributed by atoms with Crippen molar-refractivity contribution in [2.75, 3.05) is 26.0 Å². The van der Waals surface area contributed by atoms with Crippen molar-refractivity contribution in [2.45, 2.75) is 25.2 Å². The molecule has 5 rings (SSSR count). The number of hydrogen-bond acceptors (Lipinski definition) is 4. The molecule has 2 aromatic heterocycles. The van der Waals surface area contributed by atoms with Crippen LogP contribution in [0.1, 0.15) is 30.0 Å². The van der Waals surface area contributed by atoms with Gasteiger partial charge in [-0.05, 0) is 68.3 Å². The Hall–Kier alpha value is -2.75. The van der Waals surface area contributed by atoms with E-state index in [2.05, 4.69) is 25.6 Å². The first-order valence-corrected chi connectivity index (χ1v) is 12.4. The van der Waals surface area contributed by atoms with Crippen molar-refractivity contribution in [3.8, 4) is 5.69 Å². The van der Waals surface area contributed by atoms with Crippen LogP contribution in [0, 0.1) is 5.82 Å². The molecular weight excluding hydrogens is 431 g/mol. The highest BCUT2D eigenvalue weighted by Gasteiger charge is 2.28. The van der Waals surface area contributed by atoms with Crippen molar-refractivity contribution < 1.29 is 17.5 Å². The average Bonchev–Trinajstić information content (AvgIpc) is 3.39. The Morgan fingerprint density at radius 2 is 1.97 bits per heavy atom. The van der Waals surface area contributed by atoms with Gasteiger partial charge in [-0.15, -0.1) is 0 Å². The topological polar surface area (TPSA) is 89.0 Å². The molecule has 0 amide bonds. The number of rotatable bonds is 6. The van der Waals surface area contributed by atoms with Crippen molar-refractivity contribution in [3.05, 3.63) is 59.7 Å². The Bertz CT molecular complexity index is 1370. The van der Waals surface area contributed by atoms with Crippen molar-refractivity contribution >= 4 is 31.8 Å². The molecule has 1 fully saturated rings. The second kappa shape index (κ2) is 8.31. The highest BCUT2D eigenvalue weighted by molar-refractivity contribution is 7.89. The first-order valence-electron chi connectivity index (χ1n) is 10.7. The molecule has 168 valence electrons. The maximum Gasteiger partial charge on any atom is 0.211 e.